The summed E-state index contributed by atoms with van der Waals surface area (Å²) in [5.74, 6) is 1.34. The van der Waals surface area contributed by atoms with E-state index in [1.807, 2.05) is 0 Å². The number of nitro groups is 1. The van der Waals surface area contributed by atoms with Crippen LogP contribution in [0.3, 0.4) is 0 Å². The van der Waals surface area contributed by atoms with Crippen LogP contribution in [0.5, 0.6) is 0 Å². The Morgan fingerprint density at radius 2 is 2.28 bits per heavy atom. The Hall–Kier alpha value is -2.17. The van der Waals surface area contributed by atoms with Gasteiger partial charge in [-0.25, -0.2) is 4.98 Å². The number of aromatic amines is 1. The number of H-pyrrole nitrogens is 1. The molecule has 1 aliphatic carbocycles. The Balaban J connectivity index is 2.00. The van der Waals surface area contributed by atoms with Gasteiger partial charge < -0.3 is 4.98 Å². The molecule has 1 unspecified atom stereocenters. The lowest BCUT2D eigenvalue weighted by atomic mass is 9.94. The van der Waals surface area contributed by atoms with Gasteiger partial charge in [0, 0.05) is 18.1 Å². The summed E-state index contributed by atoms with van der Waals surface area (Å²) in [6.07, 6.45) is 7.50. The molecule has 5 nitrogen and oxygen atoms in total. The van der Waals surface area contributed by atoms with E-state index in [0.717, 1.165) is 36.1 Å². The predicted molar refractivity (Wildman–Crippen MR) is 68.5 cm³/mol. The number of imidazole rings is 1. The number of fused-ring (bicyclic) bond motifs is 1. The van der Waals surface area contributed by atoms with Crippen LogP contribution < -0.4 is 0 Å². The third kappa shape index (κ3) is 1.88. The van der Waals surface area contributed by atoms with Crippen LogP contribution in [0.4, 0.5) is 5.69 Å². The van der Waals surface area contributed by atoms with Crippen molar-refractivity contribution in [1.29, 1.82) is 0 Å². The molecule has 0 radical (unpaired) electrons. The Morgan fingerprint density at radius 1 is 1.39 bits per heavy atom. The molecular weight excluding hydrogens is 230 g/mol. The first-order valence-electron chi connectivity index (χ1n) is 6.03. The number of non-ortho nitro benzene ring substituents is 1. The maximum Gasteiger partial charge on any atom is 0.271 e. The molecule has 0 spiro atoms. The average Bonchev–Trinajstić information content (AvgIpc) is 2.82. The molecule has 0 bridgehead atoms. The van der Waals surface area contributed by atoms with E-state index in [1.165, 1.54) is 6.07 Å². The molecule has 1 aliphatic rings. The Morgan fingerprint density at radius 3 is 3.00 bits per heavy atom. The molecule has 2 aromatic rings. The molecule has 18 heavy (non-hydrogen) atoms. The van der Waals surface area contributed by atoms with E-state index in [1.54, 1.807) is 12.1 Å². The van der Waals surface area contributed by atoms with Gasteiger partial charge in [-0.3, -0.25) is 10.1 Å². The molecule has 0 aliphatic heterocycles. The number of rotatable bonds is 2. The van der Waals surface area contributed by atoms with Gasteiger partial charge in [-0.05, 0) is 25.3 Å². The molecule has 1 heterocycles. The van der Waals surface area contributed by atoms with Gasteiger partial charge in [0.1, 0.15) is 5.82 Å². The van der Waals surface area contributed by atoms with Crippen LogP contribution in [0.1, 0.15) is 31.0 Å². The Labute approximate surface area is 104 Å². The van der Waals surface area contributed by atoms with Gasteiger partial charge >= 0.3 is 0 Å². The van der Waals surface area contributed by atoms with Crippen molar-refractivity contribution in [3.63, 3.8) is 0 Å². The fourth-order valence-corrected chi connectivity index (χ4v) is 2.37. The summed E-state index contributed by atoms with van der Waals surface area (Å²) in [5.41, 5.74) is 1.64. The molecule has 1 atom stereocenters. The molecule has 5 heteroatoms. The number of nitrogens with zero attached hydrogens (tertiary/aromatic N) is 2. The molecule has 0 saturated heterocycles. The fourth-order valence-electron chi connectivity index (χ4n) is 2.37. The summed E-state index contributed by atoms with van der Waals surface area (Å²) < 4.78 is 0. The molecule has 1 N–H and O–H groups in total. The van der Waals surface area contributed by atoms with Crippen LogP contribution in [0.15, 0.2) is 30.4 Å². The number of nitro benzene ring substituents is 1. The van der Waals surface area contributed by atoms with E-state index < -0.39 is 0 Å². The van der Waals surface area contributed by atoms with Gasteiger partial charge in [-0.15, -0.1) is 0 Å². The summed E-state index contributed by atoms with van der Waals surface area (Å²) in [4.78, 5) is 18.1. The highest BCUT2D eigenvalue weighted by atomic mass is 16.6. The van der Waals surface area contributed by atoms with Crippen molar-refractivity contribution in [2.75, 3.05) is 0 Å². The molecule has 1 aromatic heterocycles. The Kier molecular flexibility index (Phi) is 2.59. The lowest BCUT2D eigenvalue weighted by Crippen LogP contribution is -2.02. The van der Waals surface area contributed by atoms with Crippen molar-refractivity contribution in [1.82, 2.24) is 9.97 Å². The molecule has 92 valence electrons. The van der Waals surface area contributed by atoms with Crippen molar-refractivity contribution in [3.05, 3.63) is 46.3 Å². The van der Waals surface area contributed by atoms with Crippen LogP contribution in [-0.2, 0) is 0 Å². The van der Waals surface area contributed by atoms with E-state index >= 15 is 0 Å². The number of aromatic nitrogens is 2. The van der Waals surface area contributed by atoms with Crippen molar-refractivity contribution < 1.29 is 4.92 Å². The number of hydrogen-bond donors (Lipinski definition) is 1. The van der Waals surface area contributed by atoms with Gasteiger partial charge in [0.05, 0.1) is 16.0 Å². The first-order valence-corrected chi connectivity index (χ1v) is 6.03. The number of benzene rings is 1. The van der Waals surface area contributed by atoms with Crippen LogP contribution in [0.25, 0.3) is 11.0 Å². The minimum atomic E-state index is -0.386. The van der Waals surface area contributed by atoms with E-state index in [-0.39, 0.29) is 10.6 Å². The first kappa shape index (κ1) is 11.0. The van der Waals surface area contributed by atoms with Crippen molar-refractivity contribution in [3.8, 4) is 0 Å². The molecule has 0 amide bonds. The zero-order valence-electron chi connectivity index (χ0n) is 9.80. The smallest absolute Gasteiger partial charge is 0.271 e. The zero-order chi connectivity index (χ0) is 12.5. The average molecular weight is 243 g/mol. The normalized spacial score (nSPS) is 19.2. The van der Waals surface area contributed by atoms with Gasteiger partial charge in [0.2, 0.25) is 0 Å². The second-order valence-electron chi connectivity index (χ2n) is 4.56. The lowest BCUT2D eigenvalue weighted by Gasteiger charge is -2.14. The number of allylic oxidation sites excluding steroid dienone is 2. The predicted octanol–water partition coefficient (Wildman–Crippen LogP) is 3.29. The highest BCUT2D eigenvalue weighted by Gasteiger charge is 2.17. The SMILES string of the molecule is O=[N+]([O-])c1ccc2nc(C3CC=CCC3)[nH]c2c1. The largest absolute Gasteiger partial charge is 0.342 e. The minimum absolute atomic E-state index is 0.0984. The van der Waals surface area contributed by atoms with Gasteiger partial charge in [0.15, 0.2) is 0 Å². The Bertz CT molecular complexity index is 630. The first-order chi connectivity index (χ1) is 8.74. The monoisotopic (exact) mass is 243 g/mol. The van der Waals surface area contributed by atoms with Crippen molar-refractivity contribution in [2.24, 2.45) is 0 Å². The maximum absolute atomic E-state index is 10.7. The van der Waals surface area contributed by atoms with Gasteiger partial charge in [-0.1, -0.05) is 12.2 Å². The third-order valence-corrected chi connectivity index (χ3v) is 3.35. The fraction of sp³-hybridized carbons (Fsp3) is 0.308. The summed E-state index contributed by atoms with van der Waals surface area (Å²) >= 11 is 0. The van der Waals surface area contributed by atoms with Gasteiger partial charge in [0.25, 0.3) is 5.69 Å². The second-order valence-corrected chi connectivity index (χ2v) is 4.56. The zero-order valence-corrected chi connectivity index (χ0v) is 9.80. The van der Waals surface area contributed by atoms with E-state index in [2.05, 4.69) is 22.1 Å². The van der Waals surface area contributed by atoms with Crippen LogP contribution in [0.2, 0.25) is 0 Å². The molecule has 1 aromatic carbocycles. The molecule has 3 rings (SSSR count). The van der Waals surface area contributed by atoms with E-state index in [9.17, 15) is 10.1 Å². The van der Waals surface area contributed by atoms with Crippen molar-refractivity contribution >= 4 is 16.7 Å². The van der Waals surface area contributed by atoms with E-state index in [0.29, 0.717) is 5.92 Å². The second kappa shape index (κ2) is 4.25. The standard InChI is InChI=1S/C13H13N3O2/c17-16(18)10-6-7-11-12(8-10)15-13(14-11)9-4-2-1-3-5-9/h1-2,6-9H,3-5H2,(H,14,15). The minimum Gasteiger partial charge on any atom is -0.342 e. The molecule has 0 fully saturated rings. The summed E-state index contributed by atoms with van der Waals surface area (Å²) in [5, 5.41) is 10.7. The molecular formula is C13H13N3O2. The highest BCUT2D eigenvalue weighted by molar-refractivity contribution is 5.77. The van der Waals surface area contributed by atoms with Crippen LogP contribution in [0, 0.1) is 10.1 Å². The van der Waals surface area contributed by atoms with Crippen LogP contribution >= 0.6 is 0 Å². The topological polar surface area (TPSA) is 71.8 Å². The van der Waals surface area contributed by atoms with Crippen LogP contribution in [-0.4, -0.2) is 14.9 Å². The molecule has 0 saturated carbocycles. The van der Waals surface area contributed by atoms with Gasteiger partial charge in [-0.2, -0.15) is 0 Å². The summed E-state index contributed by atoms with van der Waals surface area (Å²) in [6, 6.07) is 4.74. The van der Waals surface area contributed by atoms with Crippen molar-refractivity contribution in [2.45, 2.75) is 25.2 Å². The lowest BCUT2D eigenvalue weighted by molar-refractivity contribution is -0.384. The number of hydrogen-bond acceptors (Lipinski definition) is 3. The quantitative estimate of drug-likeness (QED) is 0.499. The maximum atomic E-state index is 10.7. The third-order valence-electron chi connectivity index (χ3n) is 3.35. The highest BCUT2D eigenvalue weighted by Crippen LogP contribution is 2.29. The summed E-state index contributed by atoms with van der Waals surface area (Å²) in [6.45, 7) is 0. The number of nitrogens with one attached hydrogen (secondary N) is 1. The summed E-state index contributed by atoms with van der Waals surface area (Å²) in [7, 11) is 0. The van der Waals surface area contributed by atoms with E-state index in [4.69, 9.17) is 0 Å².